The number of thiophene rings is 1. The number of urea groups is 1. The molecule has 3 heterocycles. The minimum atomic E-state index is -1.07. The van der Waals surface area contributed by atoms with Crippen molar-refractivity contribution in [2.24, 2.45) is 0 Å². The summed E-state index contributed by atoms with van der Waals surface area (Å²) in [5.74, 6) is -1.08. The fourth-order valence-electron chi connectivity index (χ4n) is 4.38. The maximum absolute atomic E-state index is 13.7. The predicted molar refractivity (Wildman–Crippen MR) is 137 cm³/mol. The summed E-state index contributed by atoms with van der Waals surface area (Å²) in [6.07, 6.45) is 1.42. The number of fused-ring (bicyclic) bond motifs is 1. The van der Waals surface area contributed by atoms with Gasteiger partial charge in [-0.05, 0) is 54.1 Å². The highest BCUT2D eigenvalue weighted by Crippen LogP contribution is 2.33. The summed E-state index contributed by atoms with van der Waals surface area (Å²) >= 11 is 1.54. The maximum Gasteiger partial charge on any atom is 0.322 e. The minimum Gasteiger partial charge on any atom is -0.454 e. The van der Waals surface area contributed by atoms with E-state index < -0.39 is 17.7 Å². The molecule has 0 bridgehead atoms. The quantitative estimate of drug-likeness (QED) is 0.411. The van der Waals surface area contributed by atoms with Crippen LogP contribution in [0.3, 0.4) is 0 Å². The highest BCUT2D eigenvalue weighted by atomic mass is 32.1. The molecule has 0 spiro atoms. The van der Waals surface area contributed by atoms with E-state index in [9.17, 15) is 18.4 Å². The summed E-state index contributed by atoms with van der Waals surface area (Å²) in [4.78, 5) is 30.9. The molecule has 1 fully saturated rings. The van der Waals surface area contributed by atoms with Crippen LogP contribution in [0.2, 0.25) is 0 Å². The Bertz CT molecular complexity index is 1280. The molecule has 0 radical (unpaired) electrons. The van der Waals surface area contributed by atoms with Crippen molar-refractivity contribution in [3.63, 3.8) is 0 Å². The molecule has 1 saturated heterocycles. The van der Waals surface area contributed by atoms with Crippen LogP contribution in [0.25, 0.3) is 0 Å². The van der Waals surface area contributed by atoms with Crippen molar-refractivity contribution in [3.05, 3.63) is 76.0 Å². The molecule has 5 rings (SSSR count). The lowest BCUT2D eigenvalue weighted by molar-refractivity contribution is -0.133. The van der Waals surface area contributed by atoms with Crippen molar-refractivity contribution in [2.45, 2.75) is 32.0 Å². The van der Waals surface area contributed by atoms with E-state index in [-0.39, 0.29) is 37.6 Å². The lowest BCUT2D eigenvalue weighted by Gasteiger charge is -2.29. The molecule has 200 valence electrons. The molecule has 2 aromatic carbocycles. The van der Waals surface area contributed by atoms with Crippen LogP contribution in [0.4, 0.5) is 19.3 Å². The van der Waals surface area contributed by atoms with Crippen LogP contribution in [0.1, 0.15) is 23.3 Å². The van der Waals surface area contributed by atoms with Gasteiger partial charge in [0.05, 0.1) is 12.6 Å². The number of ether oxygens (including phenoxy) is 3. The van der Waals surface area contributed by atoms with E-state index in [1.54, 1.807) is 4.90 Å². The van der Waals surface area contributed by atoms with Crippen LogP contribution in [-0.4, -0.2) is 54.3 Å². The number of amides is 3. The van der Waals surface area contributed by atoms with Crippen molar-refractivity contribution in [3.8, 4) is 11.5 Å². The predicted octanol–water partition coefficient (Wildman–Crippen LogP) is 5.00. The van der Waals surface area contributed by atoms with Crippen molar-refractivity contribution < 1.29 is 32.6 Å². The van der Waals surface area contributed by atoms with Gasteiger partial charge in [-0.1, -0.05) is 12.1 Å². The second-order valence-electron chi connectivity index (χ2n) is 9.09. The Balaban J connectivity index is 1.33. The molecular weight excluding hydrogens is 516 g/mol. The molecule has 38 heavy (non-hydrogen) atoms. The fraction of sp³-hybridized carbons (Fsp3) is 0.333. The van der Waals surface area contributed by atoms with Crippen molar-refractivity contribution in [1.82, 2.24) is 9.80 Å². The molecular formula is C27H27F2N3O5S. The summed E-state index contributed by atoms with van der Waals surface area (Å²) in [6, 6.07) is 11.9. The largest absolute Gasteiger partial charge is 0.454 e. The zero-order valence-corrected chi connectivity index (χ0v) is 21.3. The maximum atomic E-state index is 13.7. The number of hydrogen-bond acceptors (Lipinski definition) is 6. The summed E-state index contributed by atoms with van der Waals surface area (Å²) in [7, 11) is 0. The lowest BCUT2D eigenvalue weighted by atomic mass is 10.1. The van der Waals surface area contributed by atoms with Gasteiger partial charge >= 0.3 is 6.03 Å². The normalized spacial score (nSPS) is 15.9. The van der Waals surface area contributed by atoms with E-state index in [1.807, 2.05) is 35.7 Å². The van der Waals surface area contributed by atoms with E-state index in [4.69, 9.17) is 14.2 Å². The number of benzene rings is 2. The van der Waals surface area contributed by atoms with E-state index >= 15 is 0 Å². The van der Waals surface area contributed by atoms with Crippen molar-refractivity contribution in [1.29, 1.82) is 0 Å². The molecule has 2 aliphatic rings. The van der Waals surface area contributed by atoms with Gasteiger partial charge in [-0.2, -0.15) is 0 Å². The Morgan fingerprint density at radius 3 is 2.63 bits per heavy atom. The summed E-state index contributed by atoms with van der Waals surface area (Å²) in [5.41, 5.74) is 0.950. The van der Waals surface area contributed by atoms with Crippen LogP contribution < -0.4 is 14.8 Å². The van der Waals surface area contributed by atoms with Gasteiger partial charge in [-0.25, -0.2) is 13.6 Å². The molecule has 1 N–H and O–H groups in total. The van der Waals surface area contributed by atoms with Crippen LogP contribution in [0.5, 0.6) is 11.5 Å². The molecule has 0 saturated carbocycles. The monoisotopic (exact) mass is 543 g/mol. The highest BCUT2D eigenvalue weighted by molar-refractivity contribution is 7.09. The minimum absolute atomic E-state index is 0.0921. The third kappa shape index (κ3) is 6.40. The lowest BCUT2D eigenvalue weighted by Crippen LogP contribution is -2.46. The summed E-state index contributed by atoms with van der Waals surface area (Å²) in [6.45, 7) is 1.38. The van der Waals surface area contributed by atoms with Crippen LogP contribution in [0, 0.1) is 11.6 Å². The molecule has 2 aliphatic heterocycles. The molecule has 3 amide bonds. The average Bonchev–Trinajstić information content (AvgIpc) is 3.68. The third-order valence-corrected chi connectivity index (χ3v) is 7.18. The van der Waals surface area contributed by atoms with Gasteiger partial charge in [0.25, 0.3) is 0 Å². The Morgan fingerprint density at radius 1 is 1.00 bits per heavy atom. The number of hydrogen-bond donors (Lipinski definition) is 1. The van der Waals surface area contributed by atoms with E-state index in [0.29, 0.717) is 31.2 Å². The zero-order valence-electron chi connectivity index (χ0n) is 20.5. The zero-order chi connectivity index (χ0) is 26.5. The van der Waals surface area contributed by atoms with Crippen molar-refractivity contribution in [2.75, 3.05) is 31.8 Å². The second-order valence-corrected chi connectivity index (χ2v) is 10.1. The second kappa shape index (κ2) is 11.8. The molecule has 0 aliphatic carbocycles. The van der Waals surface area contributed by atoms with E-state index in [0.717, 1.165) is 35.4 Å². The number of carbonyl (C=O) groups excluding carboxylic acids is 2. The van der Waals surface area contributed by atoms with E-state index in [2.05, 4.69) is 5.32 Å². The van der Waals surface area contributed by atoms with Crippen LogP contribution in [0.15, 0.2) is 53.9 Å². The SMILES string of the molecule is O=C(CN(CC1CCCO1)C(=O)Nc1ccc(F)c(F)c1)N(Cc1ccc2c(c1)OCO2)Cc1cccs1. The van der Waals surface area contributed by atoms with Crippen LogP contribution in [-0.2, 0) is 22.6 Å². The smallest absolute Gasteiger partial charge is 0.322 e. The number of carbonyl (C=O) groups is 2. The van der Waals surface area contributed by atoms with Gasteiger partial charge in [0.1, 0.15) is 6.54 Å². The third-order valence-electron chi connectivity index (χ3n) is 6.32. The first kappa shape index (κ1) is 25.9. The molecule has 1 atom stereocenters. The molecule has 1 aromatic heterocycles. The summed E-state index contributed by atoms with van der Waals surface area (Å²) < 4.78 is 43.6. The van der Waals surface area contributed by atoms with Crippen LogP contribution >= 0.6 is 11.3 Å². The molecule has 1 unspecified atom stereocenters. The van der Waals surface area contributed by atoms with Gasteiger partial charge in [0.2, 0.25) is 12.7 Å². The Morgan fingerprint density at radius 2 is 1.87 bits per heavy atom. The first-order valence-corrected chi connectivity index (χ1v) is 13.1. The van der Waals surface area contributed by atoms with Gasteiger partial charge in [0, 0.05) is 36.3 Å². The van der Waals surface area contributed by atoms with Gasteiger partial charge < -0.3 is 29.3 Å². The summed E-state index contributed by atoms with van der Waals surface area (Å²) in [5, 5.41) is 4.52. The number of halogens is 2. The Hall–Kier alpha value is -3.70. The molecule has 3 aromatic rings. The first-order chi connectivity index (χ1) is 18.4. The number of nitrogens with zero attached hydrogens (tertiary/aromatic N) is 2. The van der Waals surface area contributed by atoms with E-state index in [1.165, 1.54) is 22.3 Å². The first-order valence-electron chi connectivity index (χ1n) is 12.3. The Labute approximate surface area is 222 Å². The number of rotatable bonds is 9. The van der Waals surface area contributed by atoms with Gasteiger partial charge in [-0.15, -0.1) is 11.3 Å². The van der Waals surface area contributed by atoms with Gasteiger partial charge in [0.15, 0.2) is 23.1 Å². The standard InChI is InChI=1S/C27H27F2N3O5S/c28-22-7-6-19(12-23(22)29)30-27(34)32(14-20-3-1-9-35-20)16-26(33)31(15-21-4-2-10-38-21)13-18-5-8-24-25(11-18)37-17-36-24/h2,4-8,10-12,20H,1,3,9,13-17H2,(H,30,34). The number of nitrogens with one attached hydrogen (secondary N) is 1. The number of anilines is 1. The topological polar surface area (TPSA) is 80.3 Å². The Kier molecular flexibility index (Phi) is 8.04. The molecule has 8 nitrogen and oxygen atoms in total. The van der Waals surface area contributed by atoms with Gasteiger partial charge in [-0.3, -0.25) is 4.79 Å². The van der Waals surface area contributed by atoms with Crippen molar-refractivity contribution >= 4 is 29.0 Å². The highest BCUT2D eigenvalue weighted by Gasteiger charge is 2.27. The molecule has 11 heteroatoms. The average molecular weight is 544 g/mol. The fourth-order valence-corrected chi connectivity index (χ4v) is 5.10.